The van der Waals surface area contributed by atoms with E-state index in [1.165, 1.54) is 27.0 Å². The van der Waals surface area contributed by atoms with Crippen molar-refractivity contribution in [2.24, 2.45) is 0 Å². The molecule has 0 spiro atoms. The van der Waals surface area contributed by atoms with E-state index in [1.54, 1.807) is 23.1 Å². The molecule has 7 heteroatoms. The maximum atomic E-state index is 15.3. The molecule has 2 aromatic rings. The zero-order chi connectivity index (χ0) is 23.6. The van der Waals surface area contributed by atoms with Crippen LogP contribution in [0.3, 0.4) is 0 Å². The van der Waals surface area contributed by atoms with Crippen LogP contribution in [0, 0.1) is 23.0 Å². The fourth-order valence-electron chi connectivity index (χ4n) is 4.18. The van der Waals surface area contributed by atoms with Crippen LogP contribution in [-0.2, 0) is 16.0 Å². The Labute approximate surface area is 185 Å². The average Bonchev–Trinajstić information content (AvgIpc) is 2.72. The molecule has 0 aromatic heterocycles. The van der Waals surface area contributed by atoms with Crippen molar-refractivity contribution >= 4 is 12.0 Å². The number of halogens is 3. The number of methoxy groups -OCH3 is 1. The van der Waals surface area contributed by atoms with E-state index in [0.29, 0.717) is 17.5 Å². The summed E-state index contributed by atoms with van der Waals surface area (Å²) in [6.45, 7) is 4.71. The Hall–Kier alpha value is -3.11. The molecule has 0 aliphatic carbocycles. The number of carbonyl (C=O) groups is 1. The van der Waals surface area contributed by atoms with Gasteiger partial charge in [-0.15, -0.1) is 0 Å². The number of esters is 1. The number of benzene rings is 2. The Balaban J connectivity index is 2.16. The second kappa shape index (κ2) is 9.17. The number of hydrogen-bond acceptors (Lipinski definition) is 4. The summed E-state index contributed by atoms with van der Waals surface area (Å²) in [6, 6.07) is 8.29. The van der Waals surface area contributed by atoms with Crippen molar-refractivity contribution in [2.45, 2.75) is 44.9 Å². The summed E-state index contributed by atoms with van der Waals surface area (Å²) < 4.78 is 49.8. The van der Waals surface area contributed by atoms with Crippen LogP contribution < -0.4 is 0 Å². The molecule has 3 rings (SSSR count). The van der Waals surface area contributed by atoms with Crippen LogP contribution in [0.4, 0.5) is 13.2 Å². The second-order valence-corrected chi connectivity index (χ2v) is 8.63. The Morgan fingerprint density at radius 1 is 1.28 bits per heavy atom. The smallest absolute Gasteiger partial charge is 0.330 e. The number of nitriles is 1. The quantitative estimate of drug-likeness (QED) is 0.477. The lowest BCUT2D eigenvalue weighted by Crippen LogP contribution is -2.48. The molecule has 0 amide bonds. The lowest BCUT2D eigenvalue weighted by molar-refractivity contribution is -0.134. The molecule has 2 atom stereocenters. The van der Waals surface area contributed by atoms with Gasteiger partial charge in [-0.05, 0) is 74.2 Å². The van der Waals surface area contributed by atoms with Crippen LogP contribution in [0.25, 0.3) is 6.08 Å². The third kappa shape index (κ3) is 5.03. The number of carbonyl (C=O) groups excluding carboxylic acids is 1. The van der Waals surface area contributed by atoms with Crippen LogP contribution >= 0.6 is 0 Å². The SMILES string of the molecule is COC(=O)/C=C/c1cc(F)c([C@H]2c3ccc(C#N)cc3C[C@H](C)N2CC(C)(C)F)c(F)c1. The molecule has 0 unspecified atom stereocenters. The van der Waals surface area contributed by atoms with E-state index in [9.17, 15) is 14.4 Å². The second-order valence-electron chi connectivity index (χ2n) is 8.63. The Kier molecular flexibility index (Phi) is 6.75. The fourth-order valence-corrected chi connectivity index (χ4v) is 4.18. The minimum atomic E-state index is -1.59. The van der Waals surface area contributed by atoms with Crippen molar-refractivity contribution in [3.8, 4) is 6.07 Å². The molecule has 2 aromatic carbocycles. The average molecular weight is 442 g/mol. The van der Waals surface area contributed by atoms with Gasteiger partial charge in [0, 0.05) is 24.2 Å². The molecular formula is C25H25F3N2O2. The summed E-state index contributed by atoms with van der Waals surface area (Å²) in [5.74, 6) is -2.24. The maximum absolute atomic E-state index is 15.3. The van der Waals surface area contributed by atoms with Crippen molar-refractivity contribution in [2.75, 3.05) is 13.7 Å². The van der Waals surface area contributed by atoms with E-state index in [0.717, 1.165) is 23.8 Å². The van der Waals surface area contributed by atoms with Crippen LogP contribution in [0.2, 0.25) is 0 Å². The van der Waals surface area contributed by atoms with Gasteiger partial charge in [-0.2, -0.15) is 5.26 Å². The molecule has 1 aliphatic rings. The van der Waals surface area contributed by atoms with E-state index in [4.69, 9.17) is 0 Å². The standard InChI is InChI=1S/C25H25F3N2O2/c1-15-9-18-10-17(13-29)5-7-19(18)24(30(15)14-25(2,3)28)23-20(26)11-16(12-21(23)27)6-8-22(31)32-4/h5-8,10-12,15,24H,9,14H2,1-4H3/b8-6+/t15-,24+/m0/s1. The number of nitrogens with zero attached hydrogens (tertiary/aromatic N) is 2. The van der Waals surface area contributed by atoms with Crippen LogP contribution in [-0.4, -0.2) is 36.2 Å². The first-order valence-electron chi connectivity index (χ1n) is 10.3. The fraction of sp³-hybridized carbons (Fsp3) is 0.360. The molecule has 0 N–H and O–H groups in total. The summed E-state index contributed by atoms with van der Waals surface area (Å²) >= 11 is 0. The zero-order valence-electron chi connectivity index (χ0n) is 18.5. The number of alkyl halides is 1. The van der Waals surface area contributed by atoms with Gasteiger partial charge in [0.15, 0.2) is 0 Å². The summed E-state index contributed by atoms with van der Waals surface area (Å²) in [5, 5.41) is 9.25. The van der Waals surface area contributed by atoms with Crippen LogP contribution in [0.1, 0.15) is 54.6 Å². The first-order valence-corrected chi connectivity index (χ1v) is 10.3. The number of rotatable bonds is 5. The first-order chi connectivity index (χ1) is 15.0. The highest BCUT2D eigenvalue weighted by Crippen LogP contribution is 2.41. The third-order valence-corrected chi connectivity index (χ3v) is 5.53. The Morgan fingerprint density at radius 3 is 2.50 bits per heavy atom. The number of ether oxygens (including phenoxy) is 1. The van der Waals surface area contributed by atoms with Gasteiger partial charge in [0.05, 0.1) is 24.8 Å². The molecule has 0 radical (unpaired) electrons. The molecular weight excluding hydrogens is 417 g/mol. The largest absolute Gasteiger partial charge is 0.466 e. The van der Waals surface area contributed by atoms with Gasteiger partial charge in [-0.1, -0.05) is 6.07 Å². The predicted octanol–water partition coefficient (Wildman–Crippen LogP) is 5.11. The highest BCUT2D eigenvalue weighted by Gasteiger charge is 2.39. The van der Waals surface area contributed by atoms with Crippen LogP contribution in [0.5, 0.6) is 0 Å². The topological polar surface area (TPSA) is 53.3 Å². The normalized spacial score (nSPS) is 18.9. The van der Waals surface area contributed by atoms with Crippen molar-refractivity contribution in [1.29, 1.82) is 5.26 Å². The van der Waals surface area contributed by atoms with E-state index in [2.05, 4.69) is 10.8 Å². The monoisotopic (exact) mass is 442 g/mol. The van der Waals surface area contributed by atoms with Gasteiger partial charge in [-0.3, -0.25) is 4.90 Å². The molecule has 1 heterocycles. The third-order valence-electron chi connectivity index (χ3n) is 5.53. The Morgan fingerprint density at radius 2 is 1.94 bits per heavy atom. The molecule has 0 bridgehead atoms. The minimum Gasteiger partial charge on any atom is -0.466 e. The van der Waals surface area contributed by atoms with Crippen LogP contribution in [0.15, 0.2) is 36.4 Å². The summed E-state index contributed by atoms with van der Waals surface area (Å²) in [5.41, 5.74) is 0.285. The van der Waals surface area contributed by atoms with Crippen molar-refractivity contribution in [3.05, 3.63) is 75.9 Å². The van der Waals surface area contributed by atoms with Gasteiger partial charge < -0.3 is 4.74 Å². The molecule has 0 saturated heterocycles. The number of hydrogen-bond donors (Lipinski definition) is 0. The highest BCUT2D eigenvalue weighted by molar-refractivity contribution is 5.86. The van der Waals surface area contributed by atoms with Gasteiger partial charge in [0.25, 0.3) is 0 Å². The predicted molar refractivity (Wildman–Crippen MR) is 115 cm³/mol. The zero-order valence-corrected chi connectivity index (χ0v) is 18.5. The molecule has 4 nitrogen and oxygen atoms in total. The minimum absolute atomic E-state index is 0.0266. The Bertz CT molecular complexity index is 1080. The van der Waals surface area contributed by atoms with Crippen molar-refractivity contribution < 1.29 is 22.7 Å². The van der Waals surface area contributed by atoms with E-state index in [-0.39, 0.29) is 23.7 Å². The van der Waals surface area contributed by atoms with Crippen molar-refractivity contribution in [3.63, 3.8) is 0 Å². The van der Waals surface area contributed by atoms with Gasteiger partial charge in [0.1, 0.15) is 17.3 Å². The van der Waals surface area contributed by atoms with Crippen molar-refractivity contribution in [1.82, 2.24) is 4.90 Å². The van der Waals surface area contributed by atoms with Gasteiger partial charge in [-0.25, -0.2) is 18.0 Å². The molecule has 32 heavy (non-hydrogen) atoms. The molecule has 0 saturated carbocycles. The maximum Gasteiger partial charge on any atom is 0.330 e. The van der Waals surface area contributed by atoms with Gasteiger partial charge in [0.2, 0.25) is 0 Å². The molecule has 168 valence electrons. The van der Waals surface area contributed by atoms with Gasteiger partial charge >= 0.3 is 5.97 Å². The lowest BCUT2D eigenvalue weighted by Gasteiger charge is -2.44. The summed E-state index contributed by atoms with van der Waals surface area (Å²) in [7, 11) is 1.21. The van der Waals surface area contributed by atoms with E-state index in [1.807, 2.05) is 6.92 Å². The summed E-state index contributed by atoms with van der Waals surface area (Å²) in [6.07, 6.45) is 2.87. The van der Waals surface area contributed by atoms with E-state index < -0.39 is 29.3 Å². The van der Waals surface area contributed by atoms with E-state index >= 15 is 8.78 Å². The number of fused-ring (bicyclic) bond motifs is 1. The molecule has 1 aliphatic heterocycles. The summed E-state index contributed by atoms with van der Waals surface area (Å²) in [4.78, 5) is 13.1. The lowest BCUT2D eigenvalue weighted by atomic mass is 9.83. The molecule has 0 fully saturated rings. The highest BCUT2D eigenvalue weighted by atomic mass is 19.1. The first kappa shape index (κ1) is 23.6.